The van der Waals surface area contributed by atoms with Crippen LogP contribution < -0.4 is 5.32 Å². The lowest BCUT2D eigenvalue weighted by molar-refractivity contribution is 0.531. The molecular weight excluding hydrogens is 341 g/mol. The highest BCUT2D eigenvalue weighted by Gasteiger charge is 2.18. The molecule has 2 aromatic rings. The molecule has 0 saturated heterocycles. The zero-order valence-electron chi connectivity index (χ0n) is 11.4. The summed E-state index contributed by atoms with van der Waals surface area (Å²) in [4.78, 5) is 0. The first-order valence-corrected chi connectivity index (χ1v) is 7.56. The standard InChI is InChI=1S/C16H16BrClFN/c1-10-6-7-11(13(18)8-10)9-15(20-2)16-12(17)4-3-5-14(16)19/h3-8,15,20H,9H2,1-2H3. The SMILES string of the molecule is CNC(Cc1ccc(C)cc1Cl)c1c(F)cccc1Br. The van der Waals surface area contributed by atoms with Gasteiger partial charge < -0.3 is 5.32 Å². The van der Waals surface area contributed by atoms with Gasteiger partial charge in [-0.15, -0.1) is 0 Å². The lowest BCUT2D eigenvalue weighted by Gasteiger charge is -2.19. The predicted octanol–water partition coefficient (Wildman–Crippen LogP) is 5.05. The summed E-state index contributed by atoms with van der Waals surface area (Å²) in [5.74, 6) is -0.220. The highest BCUT2D eigenvalue weighted by Crippen LogP contribution is 2.30. The van der Waals surface area contributed by atoms with Gasteiger partial charge in [-0.1, -0.05) is 45.7 Å². The number of aryl methyl sites for hydroxylation is 1. The average Bonchev–Trinajstić information content (AvgIpc) is 2.39. The van der Waals surface area contributed by atoms with Crippen molar-refractivity contribution in [2.45, 2.75) is 19.4 Å². The van der Waals surface area contributed by atoms with E-state index in [4.69, 9.17) is 11.6 Å². The van der Waals surface area contributed by atoms with Crippen LogP contribution in [0.2, 0.25) is 5.02 Å². The fourth-order valence-electron chi connectivity index (χ4n) is 2.23. The molecule has 0 fully saturated rings. The molecule has 0 aliphatic heterocycles. The molecular formula is C16H16BrClFN. The van der Waals surface area contributed by atoms with Crippen molar-refractivity contribution >= 4 is 27.5 Å². The molecule has 0 aromatic heterocycles. The minimum atomic E-state index is -0.220. The molecule has 4 heteroatoms. The maximum atomic E-state index is 14.1. The Morgan fingerprint density at radius 2 is 2.05 bits per heavy atom. The minimum Gasteiger partial charge on any atom is -0.313 e. The van der Waals surface area contributed by atoms with E-state index in [1.165, 1.54) is 6.07 Å². The molecule has 2 rings (SSSR count). The van der Waals surface area contributed by atoms with Crippen molar-refractivity contribution in [2.24, 2.45) is 0 Å². The van der Waals surface area contributed by atoms with E-state index in [1.54, 1.807) is 6.07 Å². The van der Waals surface area contributed by atoms with Crippen molar-refractivity contribution in [3.8, 4) is 0 Å². The van der Waals surface area contributed by atoms with Gasteiger partial charge in [-0.3, -0.25) is 0 Å². The quantitative estimate of drug-likeness (QED) is 0.808. The van der Waals surface area contributed by atoms with Crippen LogP contribution in [-0.4, -0.2) is 7.05 Å². The van der Waals surface area contributed by atoms with Gasteiger partial charge in [0.05, 0.1) is 0 Å². The van der Waals surface area contributed by atoms with Crippen molar-refractivity contribution in [3.63, 3.8) is 0 Å². The molecule has 0 aliphatic carbocycles. The fraction of sp³-hybridized carbons (Fsp3) is 0.250. The molecule has 2 aromatic carbocycles. The van der Waals surface area contributed by atoms with E-state index in [0.717, 1.165) is 20.6 Å². The van der Waals surface area contributed by atoms with Crippen LogP contribution in [0.5, 0.6) is 0 Å². The topological polar surface area (TPSA) is 12.0 Å². The zero-order chi connectivity index (χ0) is 14.7. The van der Waals surface area contributed by atoms with Crippen LogP contribution in [0, 0.1) is 12.7 Å². The number of rotatable bonds is 4. The molecule has 1 atom stereocenters. The van der Waals surface area contributed by atoms with Crippen molar-refractivity contribution in [1.29, 1.82) is 0 Å². The summed E-state index contributed by atoms with van der Waals surface area (Å²) >= 11 is 9.68. The van der Waals surface area contributed by atoms with E-state index in [0.29, 0.717) is 12.0 Å². The van der Waals surface area contributed by atoms with Gasteiger partial charge >= 0.3 is 0 Å². The van der Waals surface area contributed by atoms with Gasteiger partial charge in [-0.05, 0) is 49.7 Å². The van der Waals surface area contributed by atoms with Gasteiger partial charge in [0.1, 0.15) is 5.82 Å². The number of benzene rings is 2. The predicted molar refractivity (Wildman–Crippen MR) is 85.8 cm³/mol. The molecule has 0 bridgehead atoms. The van der Waals surface area contributed by atoms with Crippen molar-refractivity contribution in [2.75, 3.05) is 7.05 Å². The second-order valence-electron chi connectivity index (χ2n) is 4.78. The number of hydrogen-bond acceptors (Lipinski definition) is 1. The molecule has 1 unspecified atom stereocenters. The molecule has 1 nitrogen and oxygen atoms in total. The van der Waals surface area contributed by atoms with E-state index in [1.807, 2.05) is 38.2 Å². The molecule has 0 aliphatic rings. The number of likely N-dealkylation sites (N-methyl/N-ethyl adjacent to an activating group) is 1. The average molecular weight is 357 g/mol. The van der Waals surface area contributed by atoms with Crippen molar-refractivity contribution in [1.82, 2.24) is 5.32 Å². The Hall–Kier alpha value is -0.900. The van der Waals surface area contributed by atoms with Gasteiger partial charge in [-0.25, -0.2) is 4.39 Å². The van der Waals surface area contributed by atoms with Crippen LogP contribution in [-0.2, 0) is 6.42 Å². The molecule has 0 saturated carbocycles. The summed E-state index contributed by atoms with van der Waals surface area (Å²) in [6.07, 6.45) is 0.634. The Labute approximate surface area is 132 Å². The number of halogens is 3. The summed E-state index contributed by atoms with van der Waals surface area (Å²) < 4.78 is 14.8. The van der Waals surface area contributed by atoms with Crippen LogP contribution in [0.4, 0.5) is 4.39 Å². The summed E-state index contributed by atoms with van der Waals surface area (Å²) in [5.41, 5.74) is 2.75. The molecule has 20 heavy (non-hydrogen) atoms. The van der Waals surface area contributed by atoms with Gasteiger partial charge in [0.15, 0.2) is 0 Å². The van der Waals surface area contributed by atoms with Crippen LogP contribution in [0.25, 0.3) is 0 Å². The Balaban J connectivity index is 2.34. The second kappa shape index (κ2) is 6.70. The van der Waals surface area contributed by atoms with E-state index in [-0.39, 0.29) is 11.9 Å². The zero-order valence-corrected chi connectivity index (χ0v) is 13.7. The Morgan fingerprint density at radius 3 is 2.65 bits per heavy atom. The molecule has 0 heterocycles. The van der Waals surface area contributed by atoms with E-state index < -0.39 is 0 Å². The van der Waals surface area contributed by atoms with E-state index in [9.17, 15) is 4.39 Å². The largest absolute Gasteiger partial charge is 0.313 e. The van der Waals surface area contributed by atoms with Gasteiger partial charge in [0.2, 0.25) is 0 Å². The van der Waals surface area contributed by atoms with Gasteiger partial charge in [0.25, 0.3) is 0 Å². The Kier molecular flexibility index (Phi) is 5.19. The summed E-state index contributed by atoms with van der Waals surface area (Å²) in [7, 11) is 1.83. The summed E-state index contributed by atoms with van der Waals surface area (Å²) in [6.45, 7) is 2.00. The summed E-state index contributed by atoms with van der Waals surface area (Å²) in [6, 6.07) is 10.8. The third kappa shape index (κ3) is 3.40. The molecule has 0 amide bonds. The second-order valence-corrected chi connectivity index (χ2v) is 6.04. The Morgan fingerprint density at radius 1 is 1.30 bits per heavy atom. The van der Waals surface area contributed by atoms with E-state index >= 15 is 0 Å². The van der Waals surface area contributed by atoms with Gasteiger partial charge in [-0.2, -0.15) is 0 Å². The van der Waals surface area contributed by atoms with Crippen molar-refractivity contribution in [3.05, 3.63) is 68.4 Å². The highest BCUT2D eigenvalue weighted by atomic mass is 79.9. The van der Waals surface area contributed by atoms with E-state index in [2.05, 4.69) is 21.2 Å². The van der Waals surface area contributed by atoms with Crippen LogP contribution in [0.3, 0.4) is 0 Å². The van der Waals surface area contributed by atoms with Crippen LogP contribution in [0.15, 0.2) is 40.9 Å². The molecule has 106 valence electrons. The lowest BCUT2D eigenvalue weighted by Crippen LogP contribution is -2.20. The lowest BCUT2D eigenvalue weighted by atomic mass is 9.98. The van der Waals surface area contributed by atoms with Crippen molar-refractivity contribution < 1.29 is 4.39 Å². The highest BCUT2D eigenvalue weighted by molar-refractivity contribution is 9.10. The first-order chi connectivity index (χ1) is 9.52. The third-order valence-corrected chi connectivity index (χ3v) is 4.37. The Bertz CT molecular complexity index is 595. The number of nitrogens with one attached hydrogen (secondary N) is 1. The first kappa shape index (κ1) is 15.5. The smallest absolute Gasteiger partial charge is 0.129 e. The molecule has 1 N–H and O–H groups in total. The first-order valence-electron chi connectivity index (χ1n) is 6.39. The fourth-order valence-corrected chi connectivity index (χ4v) is 3.16. The number of hydrogen-bond donors (Lipinski definition) is 1. The van der Waals surface area contributed by atoms with Crippen LogP contribution in [0.1, 0.15) is 22.7 Å². The van der Waals surface area contributed by atoms with Crippen LogP contribution >= 0.6 is 27.5 Å². The third-order valence-electron chi connectivity index (χ3n) is 3.33. The summed E-state index contributed by atoms with van der Waals surface area (Å²) in [5, 5.41) is 3.88. The monoisotopic (exact) mass is 355 g/mol. The molecule has 0 radical (unpaired) electrons. The maximum Gasteiger partial charge on any atom is 0.129 e. The molecule has 0 spiro atoms. The normalized spacial score (nSPS) is 12.4. The maximum absolute atomic E-state index is 14.1. The van der Waals surface area contributed by atoms with Gasteiger partial charge in [0, 0.05) is 21.1 Å². The minimum absolute atomic E-state index is 0.134.